The van der Waals surface area contributed by atoms with Crippen LogP contribution >= 0.6 is 24.0 Å². The Morgan fingerprint density at radius 2 is 1.65 bits per heavy atom. The highest BCUT2D eigenvalue weighted by atomic mass is 127. The summed E-state index contributed by atoms with van der Waals surface area (Å²) < 4.78 is 13.0. The second-order valence-corrected chi connectivity index (χ2v) is 6.32. The molecule has 1 atom stereocenters. The molecule has 6 heteroatoms. The normalized spacial score (nSPS) is 12.5. The number of nitrogens with one attached hydrogen (secondary N) is 2. The molecule has 1 unspecified atom stereocenters. The molecule has 0 bridgehead atoms. The van der Waals surface area contributed by atoms with Crippen LogP contribution in [0.25, 0.3) is 0 Å². The van der Waals surface area contributed by atoms with Crippen molar-refractivity contribution in [3.05, 3.63) is 71.0 Å². The van der Waals surface area contributed by atoms with Crippen LogP contribution in [-0.4, -0.2) is 38.5 Å². The molecule has 2 rings (SSSR count). The summed E-state index contributed by atoms with van der Waals surface area (Å²) in [6.45, 7) is 3.42. The summed E-state index contributed by atoms with van der Waals surface area (Å²) in [7, 11) is 5.89. The van der Waals surface area contributed by atoms with E-state index in [0.29, 0.717) is 6.54 Å². The van der Waals surface area contributed by atoms with Crippen molar-refractivity contribution in [1.82, 2.24) is 15.5 Å². The van der Waals surface area contributed by atoms with Crippen molar-refractivity contribution in [2.75, 3.05) is 27.7 Å². The van der Waals surface area contributed by atoms with E-state index in [1.165, 1.54) is 23.3 Å². The van der Waals surface area contributed by atoms with E-state index in [1.54, 1.807) is 19.2 Å². The van der Waals surface area contributed by atoms with E-state index >= 15 is 0 Å². The van der Waals surface area contributed by atoms with Crippen molar-refractivity contribution in [2.24, 2.45) is 4.99 Å². The zero-order valence-corrected chi connectivity index (χ0v) is 18.1. The zero-order chi connectivity index (χ0) is 18.2. The SMILES string of the molecule is CN=C(NCc1ccc(F)cc1)NCC(c1ccc(C)cc1)N(C)C.I. The molecule has 26 heavy (non-hydrogen) atoms. The number of rotatable bonds is 6. The van der Waals surface area contributed by atoms with E-state index in [9.17, 15) is 4.39 Å². The van der Waals surface area contributed by atoms with E-state index in [1.807, 2.05) is 0 Å². The van der Waals surface area contributed by atoms with E-state index in [2.05, 4.69) is 65.8 Å². The van der Waals surface area contributed by atoms with Crippen LogP contribution in [0, 0.1) is 12.7 Å². The molecule has 4 nitrogen and oxygen atoms in total. The maximum absolute atomic E-state index is 13.0. The van der Waals surface area contributed by atoms with Crippen molar-refractivity contribution in [3.63, 3.8) is 0 Å². The first-order valence-corrected chi connectivity index (χ1v) is 8.41. The van der Waals surface area contributed by atoms with E-state index in [0.717, 1.165) is 18.1 Å². The summed E-state index contributed by atoms with van der Waals surface area (Å²) >= 11 is 0. The van der Waals surface area contributed by atoms with Gasteiger partial charge in [-0.2, -0.15) is 0 Å². The first kappa shape index (κ1) is 22.4. The van der Waals surface area contributed by atoms with Gasteiger partial charge in [0.2, 0.25) is 0 Å². The smallest absolute Gasteiger partial charge is 0.191 e. The number of hydrogen-bond acceptors (Lipinski definition) is 2. The zero-order valence-electron chi connectivity index (χ0n) is 15.8. The van der Waals surface area contributed by atoms with E-state index < -0.39 is 0 Å². The third-order valence-electron chi connectivity index (χ3n) is 4.15. The van der Waals surface area contributed by atoms with Crippen LogP contribution < -0.4 is 10.6 Å². The number of guanidine groups is 1. The van der Waals surface area contributed by atoms with Crippen LogP contribution in [-0.2, 0) is 6.54 Å². The number of halogens is 2. The molecular formula is C20H28FIN4. The van der Waals surface area contributed by atoms with Crippen molar-refractivity contribution >= 4 is 29.9 Å². The van der Waals surface area contributed by atoms with Crippen LogP contribution in [0.2, 0.25) is 0 Å². The first-order chi connectivity index (χ1) is 12.0. The first-order valence-electron chi connectivity index (χ1n) is 8.41. The molecule has 0 heterocycles. The van der Waals surface area contributed by atoms with Gasteiger partial charge in [0.1, 0.15) is 5.82 Å². The Morgan fingerprint density at radius 1 is 1.04 bits per heavy atom. The second-order valence-electron chi connectivity index (χ2n) is 6.32. The molecule has 142 valence electrons. The van der Waals surface area contributed by atoms with Gasteiger partial charge in [-0.1, -0.05) is 42.0 Å². The standard InChI is InChI=1S/C20H27FN4.HI/c1-15-5-9-17(10-6-15)19(25(3)4)14-24-20(22-2)23-13-16-7-11-18(21)12-8-16;/h5-12,19H,13-14H2,1-4H3,(H2,22,23,24);1H. The Labute approximate surface area is 172 Å². The number of nitrogens with zero attached hydrogens (tertiary/aromatic N) is 2. The van der Waals surface area contributed by atoms with Crippen molar-refractivity contribution in [1.29, 1.82) is 0 Å². The number of likely N-dealkylation sites (N-methyl/N-ethyl adjacent to an activating group) is 1. The maximum Gasteiger partial charge on any atom is 0.191 e. The van der Waals surface area contributed by atoms with E-state index in [4.69, 9.17) is 0 Å². The van der Waals surface area contributed by atoms with Gasteiger partial charge >= 0.3 is 0 Å². The quantitative estimate of drug-likeness (QED) is 0.384. The molecule has 0 aromatic heterocycles. The lowest BCUT2D eigenvalue weighted by Crippen LogP contribution is -2.41. The van der Waals surface area contributed by atoms with Gasteiger partial charge in [-0.05, 0) is 44.3 Å². The summed E-state index contributed by atoms with van der Waals surface area (Å²) in [6, 6.07) is 15.3. The van der Waals surface area contributed by atoms with Crippen LogP contribution in [0.3, 0.4) is 0 Å². The summed E-state index contributed by atoms with van der Waals surface area (Å²) in [5.74, 6) is 0.501. The molecule has 0 aliphatic heterocycles. The second kappa shape index (κ2) is 11.1. The number of aryl methyl sites for hydroxylation is 1. The molecule has 2 N–H and O–H groups in total. The fourth-order valence-corrected chi connectivity index (χ4v) is 2.59. The van der Waals surface area contributed by atoms with Crippen molar-refractivity contribution < 1.29 is 4.39 Å². The Bertz CT molecular complexity index is 684. The van der Waals surface area contributed by atoms with Gasteiger partial charge in [0.05, 0.1) is 6.04 Å². The van der Waals surface area contributed by atoms with E-state index in [-0.39, 0.29) is 35.8 Å². The molecule has 2 aromatic rings. The molecule has 2 aromatic carbocycles. The van der Waals surface area contributed by atoms with Crippen LogP contribution in [0.4, 0.5) is 4.39 Å². The van der Waals surface area contributed by atoms with Gasteiger partial charge in [0, 0.05) is 20.1 Å². The van der Waals surface area contributed by atoms with Gasteiger partial charge in [0.15, 0.2) is 5.96 Å². The summed E-state index contributed by atoms with van der Waals surface area (Å²) in [5, 5.41) is 6.63. The predicted octanol–water partition coefficient (Wildman–Crippen LogP) is 3.72. The monoisotopic (exact) mass is 470 g/mol. The predicted molar refractivity (Wildman–Crippen MR) is 118 cm³/mol. The molecule has 0 fully saturated rings. The van der Waals surface area contributed by atoms with Crippen LogP contribution in [0.15, 0.2) is 53.5 Å². The van der Waals surface area contributed by atoms with Crippen LogP contribution in [0.1, 0.15) is 22.7 Å². The number of aliphatic imine (C=N–C) groups is 1. The van der Waals surface area contributed by atoms with Gasteiger partial charge in [-0.3, -0.25) is 4.99 Å². The van der Waals surface area contributed by atoms with Crippen molar-refractivity contribution in [2.45, 2.75) is 19.5 Å². The van der Waals surface area contributed by atoms with Gasteiger partial charge < -0.3 is 15.5 Å². The third-order valence-corrected chi connectivity index (χ3v) is 4.15. The topological polar surface area (TPSA) is 39.7 Å². The lowest BCUT2D eigenvalue weighted by molar-refractivity contribution is 0.298. The summed E-state index contributed by atoms with van der Waals surface area (Å²) in [5.41, 5.74) is 3.52. The van der Waals surface area contributed by atoms with Gasteiger partial charge in [0.25, 0.3) is 0 Å². The highest BCUT2D eigenvalue weighted by Crippen LogP contribution is 2.17. The highest BCUT2D eigenvalue weighted by Gasteiger charge is 2.14. The Morgan fingerprint density at radius 3 is 2.19 bits per heavy atom. The molecular weight excluding hydrogens is 442 g/mol. The lowest BCUT2D eigenvalue weighted by Gasteiger charge is -2.26. The fraction of sp³-hybridized carbons (Fsp3) is 0.350. The largest absolute Gasteiger partial charge is 0.354 e. The molecule has 0 spiro atoms. The summed E-state index contributed by atoms with van der Waals surface area (Å²) in [4.78, 5) is 6.45. The van der Waals surface area contributed by atoms with Gasteiger partial charge in [-0.15, -0.1) is 24.0 Å². The third kappa shape index (κ3) is 6.92. The minimum Gasteiger partial charge on any atom is -0.354 e. The minimum atomic E-state index is -0.224. The van der Waals surface area contributed by atoms with Crippen LogP contribution in [0.5, 0.6) is 0 Å². The Balaban J connectivity index is 0.00000338. The highest BCUT2D eigenvalue weighted by molar-refractivity contribution is 14.0. The number of hydrogen-bond donors (Lipinski definition) is 2. The Kier molecular flexibility index (Phi) is 9.58. The number of benzene rings is 2. The lowest BCUT2D eigenvalue weighted by atomic mass is 10.0. The molecule has 0 saturated heterocycles. The molecule has 0 aliphatic carbocycles. The molecule has 0 radical (unpaired) electrons. The van der Waals surface area contributed by atoms with Crippen molar-refractivity contribution in [3.8, 4) is 0 Å². The maximum atomic E-state index is 13.0. The molecule has 0 aliphatic rings. The van der Waals surface area contributed by atoms with Gasteiger partial charge in [-0.25, -0.2) is 4.39 Å². The average Bonchev–Trinajstić information content (AvgIpc) is 2.60. The summed E-state index contributed by atoms with van der Waals surface area (Å²) in [6.07, 6.45) is 0. The average molecular weight is 470 g/mol. The minimum absolute atomic E-state index is 0. The molecule has 0 amide bonds. The fourth-order valence-electron chi connectivity index (χ4n) is 2.59. The molecule has 0 saturated carbocycles. The Hall–Kier alpha value is -1.67.